The fourth-order valence-corrected chi connectivity index (χ4v) is 3.62. The number of rotatable bonds is 7. The maximum absolute atomic E-state index is 12.8. The molecule has 3 N–H and O–H groups in total. The summed E-state index contributed by atoms with van der Waals surface area (Å²) in [4.78, 5) is 17.4. The molecule has 0 spiro atoms. The Morgan fingerprint density at radius 1 is 1.15 bits per heavy atom. The third kappa shape index (κ3) is 4.29. The van der Waals surface area contributed by atoms with Crippen molar-refractivity contribution in [3.05, 3.63) is 64.7 Å². The number of nitrogen functional groups attached to an aromatic ring is 1. The summed E-state index contributed by atoms with van der Waals surface area (Å²) in [5.74, 6) is 1.73. The molecule has 0 aliphatic heterocycles. The van der Waals surface area contributed by atoms with Gasteiger partial charge in [-0.25, -0.2) is 9.67 Å². The van der Waals surface area contributed by atoms with Gasteiger partial charge < -0.3 is 24.9 Å². The number of carbonyl (C=O) groups is 1. The second-order valence-electron chi connectivity index (χ2n) is 7.82. The summed E-state index contributed by atoms with van der Waals surface area (Å²) < 4.78 is 18.1. The fraction of sp³-hybridized carbons (Fsp3) is 0.250. The molecular formula is C24H26N6O4. The first-order valence-corrected chi connectivity index (χ1v) is 10.6. The summed E-state index contributed by atoms with van der Waals surface area (Å²) in [7, 11) is 3.12. The number of ether oxygens (including phenoxy) is 2. The van der Waals surface area contributed by atoms with Gasteiger partial charge in [-0.3, -0.25) is 4.79 Å². The third-order valence-corrected chi connectivity index (χ3v) is 5.44. The lowest BCUT2D eigenvalue weighted by molar-refractivity contribution is 0.102. The molecule has 34 heavy (non-hydrogen) atoms. The number of aromatic nitrogens is 4. The predicted molar refractivity (Wildman–Crippen MR) is 127 cm³/mol. The maximum Gasteiger partial charge on any atom is 0.280 e. The van der Waals surface area contributed by atoms with Crippen LogP contribution in [0.15, 0.2) is 40.8 Å². The van der Waals surface area contributed by atoms with Crippen LogP contribution < -0.4 is 20.5 Å². The first kappa shape index (κ1) is 22.8. The van der Waals surface area contributed by atoms with Crippen LogP contribution in [0.3, 0.4) is 0 Å². The molecule has 4 aromatic rings. The smallest absolute Gasteiger partial charge is 0.280 e. The van der Waals surface area contributed by atoms with Crippen LogP contribution in [0.5, 0.6) is 11.5 Å². The van der Waals surface area contributed by atoms with Gasteiger partial charge in [0.2, 0.25) is 5.89 Å². The zero-order valence-electron chi connectivity index (χ0n) is 19.7. The van der Waals surface area contributed by atoms with E-state index in [-0.39, 0.29) is 18.1 Å². The van der Waals surface area contributed by atoms with Crippen LogP contribution >= 0.6 is 0 Å². The predicted octanol–water partition coefficient (Wildman–Crippen LogP) is 3.76. The van der Waals surface area contributed by atoms with E-state index in [2.05, 4.69) is 20.6 Å². The van der Waals surface area contributed by atoms with Gasteiger partial charge in [-0.2, -0.15) is 0 Å². The lowest BCUT2D eigenvalue weighted by atomic mass is 10.1. The van der Waals surface area contributed by atoms with Gasteiger partial charge in [-0.15, -0.1) is 5.10 Å². The molecule has 2 aromatic heterocycles. The molecule has 0 unspecified atom stereocenters. The van der Waals surface area contributed by atoms with Crippen molar-refractivity contribution in [1.82, 2.24) is 20.0 Å². The van der Waals surface area contributed by atoms with Crippen LogP contribution in [0.1, 0.15) is 33.1 Å². The van der Waals surface area contributed by atoms with Crippen LogP contribution in [0.25, 0.3) is 11.5 Å². The number of carbonyl (C=O) groups excluding carboxylic acids is 1. The Balaban J connectivity index is 1.57. The molecule has 0 aliphatic carbocycles. The molecule has 0 saturated heterocycles. The minimum Gasteiger partial charge on any atom is -0.493 e. The number of nitrogens with two attached hydrogens (primary N) is 1. The number of nitrogens with one attached hydrogen (secondary N) is 1. The van der Waals surface area contributed by atoms with Crippen LogP contribution in [0.2, 0.25) is 0 Å². The number of amides is 1. The number of para-hydroxylation sites is 1. The highest BCUT2D eigenvalue weighted by molar-refractivity contribution is 6.06. The van der Waals surface area contributed by atoms with Gasteiger partial charge in [0.25, 0.3) is 5.91 Å². The number of hydrogen-bond acceptors (Lipinski definition) is 8. The lowest BCUT2D eigenvalue weighted by Crippen LogP contribution is -2.16. The minimum absolute atomic E-state index is 0.0378. The molecule has 0 atom stereocenters. The van der Waals surface area contributed by atoms with Crippen molar-refractivity contribution in [3.8, 4) is 23.0 Å². The largest absolute Gasteiger partial charge is 0.493 e. The van der Waals surface area contributed by atoms with E-state index in [1.54, 1.807) is 27.2 Å². The maximum atomic E-state index is 12.8. The highest BCUT2D eigenvalue weighted by Crippen LogP contribution is 2.38. The quantitative estimate of drug-likeness (QED) is 0.425. The number of aryl methyl sites for hydroxylation is 3. The molecule has 176 valence electrons. The van der Waals surface area contributed by atoms with E-state index in [1.165, 1.54) is 4.68 Å². The molecular weight excluding hydrogens is 436 g/mol. The molecule has 2 heterocycles. The second-order valence-corrected chi connectivity index (χ2v) is 7.82. The first-order chi connectivity index (χ1) is 16.3. The van der Waals surface area contributed by atoms with E-state index >= 15 is 0 Å². The summed E-state index contributed by atoms with van der Waals surface area (Å²) in [6.45, 7) is 5.88. The minimum atomic E-state index is -0.436. The molecule has 0 bridgehead atoms. The summed E-state index contributed by atoms with van der Waals surface area (Å²) in [6.07, 6.45) is 0. The van der Waals surface area contributed by atoms with Crippen molar-refractivity contribution in [2.75, 3.05) is 25.3 Å². The Morgan fingerprint density at radius 2 is 1.94 bits per heavy atom. The van der Waals surface area contributed by atoms with Crippen molar-refractivity contribution in [2.24, 2.45) is 0 Å². The van der Waals surface area contributed by atoms with Gasteiger partial charge in [0.1, 0.15) is 11.5 Å². The van der Waals surface area contributed by atoms with Crippen molar-refractivity contribution >= 4 is 17.4 Å². The van der Waals surface area contributed by atoms with E-state index in [4.69, 9.17) is 19.6 Å². The lowest BCUT2D eigenvalue weighted by Gasteiger charge is -2.10. The van der Waals surface area contributed by atoms with Crippen LogP contribution in [0, 0.1) is 20.8 Å². The summed E-state index contributed by atoms with van der Waals surface area (Å²) in [5.41, 5.74) is 10.2. The molecule has 10 nitrogen and oxygen atoms in total. The Labute approximate surface area is 196 Å². The zero-order chi connectivity index (χ0) is 24.4. The number of benzene rings is 2. The number of oxazole rings is 1. The van der Waals surface area contributed by atoms with Gasteiger partial charge in [0.15, 0.2) is 23.0 Å². The molecule has 10 heteroatoms. The standard InChI is InChI=1S/C24H26N6O4/c1-13-9-10-17(14(2)11-13)26-23(31)20-22(25)30(29-28-20)12-18-15(3)34-24(27-18)16-7-6-8-19(32-4)21(16)33-5/h6-11H,12,25H2,1-5H3,(H,26,31). The van der Waals surface area contributed by atoms with Gasteiger partial charge >= 0.3 is 0 Å². The fourth-order valence-electron chi connectivity index (χ4n) is 3.62. The Morgan fingerprint density at radius 3 is 2.65 bits per heavy atom. The highest BCUT2D eigenvalue weighted by Gasteiger charge is 2.22. The van der Waals surface area contributed by atoms with Gasteiger partial charge in [-0.05, 0) is 44.5 Å². The zero-order valence-corrected chi connectivity index (χ0v) is 19.7. The van der Waals surface area contributed by atoms with Crippen molar-refractivity contribution < 1.29 is 18.7 Å². The topological polar surface area (TPSA) is 130 Å². The molecule has 4 rings (SSSR count). The average Bonchev–Trinajstić information content (AvgIpc) is 3.37. The first-order valence-electron chi connectivity index (χ1n) is 10.6. The van der Waals surface area contributed by atoms with Crippen LogP contribution in [-0.2, 0) is 6.54 Å². The van der Waals surface area contributed by atoms with Crippen molar-refractivity contribution in [2.45, 2.75) is 27.3 Å². The van der Waals surface area contributed by atoms with Crippen LogP contribution in [-0.4, -0.2) is 40.1 Å². The molecule has 2 aromatic carbocycles. The number of methoxy groups -OCH3 is 2. The normalized spacial score (nSPS) is 10.9. The number of nitrogens with zero attached hydrogens (tertiary/aromatic N) is 4. The third-order valence-electron chi connectivity index (χ3n) is 5.44. The summed E-state index contributed by atoms with van der Waals surface area (Å²) in [6, 6.07) is 11.2. The van der Waals surface area contributed by atoms with E-state index in [0.29, 0.717) is 40.1 Å². The molecule has 0 radical (unpaired) electrons. The number of hydrogen-bond donors (Lipinski definition) is 2. The van der Waals surface area contributed by atoms with Crippen molar-refractivity contribution in [1.29, 1.82) is 0 Å². The van der Waals surface area contributed by atoms with Crippen LogP contribution in [0.4, 0.5) is 11.5 Å². The second kappa shape index (κ2) is 9.26. The highest BCUT2D eigenvalue weighted by atomic mass is 16.5. The summed E-state index contributed by atoms with van der Waals surface area (Å²) >= 11 is 0. The van der Waals surface area contributed by atoms with E-state index in [0.717, 1.165) is 11.1 Å². The summed E-state index contributed by atoms with van der Waals surface area (Å²) in [5, 5.41) is 10.9. The van der Waals surface area contributed by atoms with Gasteiger partial charge in [-0.1, -0.05) is 29.0 Å². The molecule has 1 amide bonds. The van der Waals surface area contributed by atoms with E-state index in [9.17, 15) is 4.79 Å². The van der Waals surface area contributed by atoms with E-state index in [1.807, 2.05) is 44.2 Å². The molecule has 0 saturated carbocycles. The Hall–Kier alpha value is -4.34. The van der Waals surface area contributed by atoms with Gasteiger partial charge in [0.05, 0.1) is 26.3 Å². The molecule has 0 fully saturated rings. The SMILES string of the molecule is COc1cccc(-c2nc(Cn3nnc(C(=O)Nc4ccc(C)cc4C)c3N)c(C)o2)c1OC. The number of anilines is 2. The monoisotopic (exact) mass is 462 g/mol. The molecule has 0 aliphatic rings. The Bertz CT molecular complexity index is 1360. The van der Waals surface area contributed by atoms with Gasteiger partial charge in [0, 0.05) is 5.69 Å². The van der Waals surface area contributed by atoms with Crippen molar-refractivity contribution in [3.63, 3.8) is 0 Å². The Kier molecular flexibility index (Phi) is 6.22. The average molecular weight is 463 g/mol. The van der Waals surface area contributed by atoms with E-state index < -0.39 is 5.91 Å².